The van der Waals surface area contributed by atoms with Gasteiger partial charge in [0.05, 0.1) is 5.41 Å². The predicted octanol–water partition coefficient (Wildman–Crippen LogP) is 2.00. The second-order valence-electron chi connectivity index (χ2n) is 5.68. The van der Waals surface area contributed by atoms with Gasteiger partial charge in [-0.1, -0.05) is 20.8 Å². The molecule has 0 fully saturated rings. The largest absolute Gasteiger partial charge is 0.338 e. The molecular weight excluding hydrogens is 194 g/mol. The van der Waals surface area contributed by atoms with E-state index in [0.717, 1.165) is 5.06 Å². The molecule has 0 spiro atoms. The Kier molecular flexibility index (Phi) is 3.91. The van der Waals surface area contributed by atoms with Gasteiger partial charge in [-0.05, 0) is 20.8 Å². The molecule has 4 nitrogen and oxygen atoms in total. The van der Waals surface area contributed by atoms with E-state index >= 15 is 0 Å². The van der Waals surface area contributed by atoms with Crippen molar-refractivity contribution < 1.29 is 14.4 Å². The number of hydrogen-bond donors (Lipinski definition) is 0. The standard InChI is InChI=1S/C11H21NO3/c1-10(2,3)8(13)12(7)15-9(14)11(4,5)6/h1-7H3. The molecule has 15 heavy (non-hydrogen) atoms. The molecule has 0 rings (SSSR count). The van der Waals surface area contributed by atoms with Crippen molar-refractivity contribution in [2.75, 3.05) is 7.05 Å². The van der Waals surface area contributed by atoms with Crippen molar-refractivity contribution >= 4 is 11.9 Å². The van der Waals surface area contributed by atoms with E-state index in [4.69, 9.17) is 4.84 Å². The summed E-state index contributed by atoms with van der Waals surface area (Å²) in [6.07, 6.45) is 0. The van der Waals surface area contributed by atoms with E-state index in [1.807, 2.05) is 0 Å². The van der Waals surface area contributed by atoms with Crippen molar-refractivity contribution in [2.24, 2.45) is 10.8 Å². The first-order valence-corrected chi connectivity index (χ1v) is 4.97. The van der Waals surface area contributed by atoms with Gasteiger partial charge in [0.2, 0.25) is 0 Å². The van der Waals surface area contributed by atoms with Gasteiger partial charge < -0.3 is 4.84 Å². The summed E-state index contributed by atoms with van der Waals surface area (Å²) in [6, 6.07) is 0. The Morgan fingerprint density at radius 3 is 1.60 bits per heavy atom. The lowest BCUT2D eigenvalue weighted by molar-refractivity contribution is -0.204. The second kappa shape index (κ2) is 4.21. The zero-order valence-corrected chi connectivity index (χ0v) is 10.7. The Labute approximate surface area is 91.5 Å². The first kappa shape index (κ1) is 13.9. The van der Waals surface area contributed by atoms with E-state index in [1.165, 1.54) is 7.05 Å². The van der Waals surface area contributed by atoms with Crippen LogP contribution in [0.4, 0.5) is 0 Å². The average Bonchev–Trinajstić information content (AvgIpc) is 1.99. The van der Waals surface area contributed by atoms with Crippen molar-refractivity contribution in [3.8, 4) is 0 Å². The van der Waals surface area contributed by atoms with Gasteiger partial charge in [-0.3, -0.25) is 4.79 Å². The highest BCUT2D eigenvalue weighted by Crippen LogP contribution is 2.20. The highest BCUT2D eigenvalue weighted by molar-refractivity contribution is 5.83. The molecule has 0 bridgehead atoms. The molecule has 0 aromatic heterocycles. The SMILES string of the molecule is CN(OC(=O)C(C)(C)C)C(=O)C(C)(C)C. The average molecular weight is 215 g/mol. The van der Waals surface area contributed by atoms with Crippen LogP contribution in [0.15, 0.2) is 0 Å². The summed E-state index contributed by atoms with van der Waals surface area (Å²) in [5, 5.41) is 1.01. The molecule has 0 aliphatic rings. The zero-order chi connectivity index (χ0) is 12.4. The number of rotatable bonds is 0. The summed E-state index contributed by atoms with van der Waals surface area (Å²) in [4.78, 5) is 28.1. The van der Waals surface area contributed by atoms with E-state index in [-0.39, 0.29) is 5.91 Å². The topological polar surface area (TPSA) is 46.6 Å². The van der Waals surface area contributed by atoms with E-state index in [2.05, 4.69) is 0 Å². The van der Waals surface area contributed by atoms with E-state index < -0.39 is 16.8 Å². The minimum absolute atomic E-state index is 0.222. The Morgan fingerprint density at radius 1 is 0.933 bits per heavy atom. The van der Waals surface area contributed by atoms with Crippen LogP contribution in [-0.2, 0) is 14.4 Å². The molecule has 0 aliphatic carbocycles. The summed E-state index contributed by atoms with van der Waals surface area (Å²) >= 11 is 0. The van der Waals surface area contributed by atoms with Crippen LogP contribution >= 0.6 is 0 Å². The number of carbonyl (C=O) groups is 2. The molecule has 1 amide bonds. The fraction of sp³-hybridized carbons (Fsp3) is 0.818. The number of hydroxylamine groups is 2. The molecule has 0 radical (unpaired) electrons. The molecule has 88 valence electrons. The second-order valence-corrected chi connectivity index (χ2v) is 5.68. The molecule has 0 atom stereocenters. The summed E-state index contributed by atoms with van der Waals surface area (Å²) in [5.74, 6) is -0.636. The van der Waals surface area contributed by atoms with Crippen molar-refractivity contribution in [3.05, 3.63) is 0 Å². The summed E-state index contributed by atoms with van der Waals surface area (Å²) in [5.41, 5.74) is -1.15. The molecular formula is C11H21NO3. The van der Waals surface area contributed by atoms with Crippen LogP contribution in [0.1, 0.15) is 41.5 Å². The van der Waals surface area contributed by atoms with Crippen LogP contribution < -0.4 is 0 Å². The molecule has 0 aromatic carbocycles. The van der Waals surface area contributed by atoms with Crippen molar-refractivity contribution in [1.82, 2.24) is 5.06 Å². The van der Waals surface area contributed by atoms with Crippen LogP contribution in [0.3, 0.4) is 0 Å². The molecule has 0 unspecified atom stereocenters. The van der Waals surface area contributed by atoms with E-state index in [0.29, 0.717) is 0 Å². The first-order chi connectivity index (χ1) is 6.46. The lowest BCUT2D eigenvalue weighted by Crippen LogP contribution is -2.40. The predicted molar refractivity (Wildman–Crippen MR) is 57.8 cm³/mol. The number of amides is 1. The molecule has 0 saturated carbocycles. The van der Waals surface area contributed by atoms with Gasteiger partial charge in [0.25, 0.3) is 5.91 Å². The molecule has 0 N–H and O–H groups in total. The van der Waals surface area contributed by atoms with Crippen LogP contribution in [0.25, 0.3) is 0 Å². The number of nitrogens with zero attached hydrogens (tertiary/aromatic N) is 1. The Balaban J connectivity index is 4.46. The maximum atomic E-state index is 11.7. The van der Waals surface area contributed by atoms with Gasteiger partial charge >= 0.3 is 5.97 Å². The fourth-order valence-corrected chi connectivity index (χ4v) is 0.775. The molecule has 0 saturated heterocycles. The quantitative estimate of drug-likeness (QED) is 0.581. The van der Waals surface area contributed by atoms with Gasteiger partial charge in [-0.15, -0.1) is 0 Å². The molecule has 4 heteroatoms. The summed E-state index contributed by atoms with van der Waals surface area (Å²) in [7, 11) is 1.46. The smallest absolute Gasteiger partial charge is 0.337 e. The summed E-state index contributed by atoms with van der Waals surface area (Å²) in [6.45, 7) is 10.5. The van der Waals surface area contributed by atoms with Crippen molar-refractivity contribution in [3.63, 3.8) is 0 Å². The minimum Gasteiger partial charge on any atom is -0.338 e. The number of carbonyl (C=O) groups excluding carboxylic acids is 2. The van der Waals surface area contributed by atoms with Crippen LogP contribution in [0.5, 0.6) is 0 Å². The first-order valence-electron chi connectivity index (χ1n) is 4.97. The Bertz CT molecular complexity index is 258. The lowest BCUT2D eigenvalue weighted by Gasteiger charge is -2.27. The zero-order valence-electron chi connectivity index (χ0n) is 10.7. The highest BCUT2D eigenvalue weighted by atomic mass is 16.7. The van der Waals surface area contributed by atoms with Crippen molar-refractivity contribution in [1.29, 1.82) is 0 Å². The van der Waals surface area contributed by atoms with Gasteiger partial charge in [-0.25, -0.2) is 4.79 Å². The normalized spacial score (nSPS) is 12.2. The van der Waals surface area contributed by atoms with Crippen LogP contribution in [0, 0.1) is 10.8 Å². The van der Waals surface area contributed by atoms with Crippen LogP contribution in [0.2, 0.25) is 0 Å². The van der Waals surface area contributed by atoms with Gasteiger partial charge in [0, 0.05) is 12.5 Å². The Hall–Kier alpha value is -1.06. The maximum Gasteiger partial charge on any atom is 0.337 e. The third-order valence-corrected chi connectivity index (χ3v) is 1.76. The number of hydrogen-bond acceptors (Lipinski definition) is 3. The van der Waals surface area contributed by atoms with Gasteiger partial charge in [0.15, 0.2) is 0 Å². The maximum absolute atomic E-state index is 11.7. The minimum atomic E-state index is -0.605. The third kappa shape index (κ3) is 4.32. The monoisotopic (exact) mass is 215 g/mol. The Morgan fingerprint density at radius 2 is 1.33 bits per heavy atom. The van der Waals surface area contributed by atoms with Gasteiger partial charge in [-0.2, -0.15) is 5.06 Å². The van der Waals surface area contributed by atoms with Crippen LogP contribution in [-0.4, -0.2) is 24.0 Å². The molecule has 0 aromatic rings. The van der Waals surface area contributed by atoms with Gasteiger partial charge in [0.1, 0.15) is 0 Å². The molecule has 0 aliphatic heterocycles. The summed E-state index contributed by atoms with van der Waals surface area (Å²) < 4.78 is 0. The lowest BCUT2D eigenvalue weighted by atomic mass is 9.95. The molecule has 0 heterocycles. The van der Waals surface area contributed by atoms with Crippen molar-refractivity contribution in [2.45, 2.75) is 41.5 Å². The van der Waals surface area contributed by atoms with E-state index in [9.17, 15) is 9.59 Å². The van der Waals surface area contributed by atoms with E-state index in [1.54, 1.807) is 41.5 Å². The highest BCUT2D eigenvalue weighted by Gasteiger charge is 2.31. The third-order valence-electron chi connectivity index (χ3n) is 1.76. The fourth-order valence-electron chi connectivity index (χ4n) is 0.775.